The molecule has 1 nitrogen and oxygen atoms in total. The van der Waals surface area contributed by atoms with E-state index in [0.29, 0.717) is 0 Å². The van der Waals surface area contributed by atoms with Gasteiger partial charge in [-0.2, -0.15) is 0 Å². The molecule has 17 heavy (non-hydrogen) atoms. The Bertz CT molecular complexity index is 513. The highest BCUT2D eigenvalue weighted by Crippen LogP contribution is 2.28. The van der Waals surface area contributed by atoms with Crippen LogP contribution in [-0.2, 0) is 6.42 Å². The van der Waals surface area contributed by atoms with E-state index in [4.69, 9.17) is 5.73 Å². The van der Waals surface area contributed by atoms with Gasteiger partial charge in [-0.3, -0.25) is 0 Å². The minimum absolute atomic E-state index is 0.121. The highest BCUT2D eigenvalue weighted by atomic mass is 32.1. The second-order valence-corrected chi connectivity index (χ2v) is 5.99. The van der Waals surface area contributed by atoms with E-state index < -0.39 is 0 Å². The number of hydrogen-bond donors (Lipinski definition) is 1. The average molecular weight is 245 g/mol. The normalized spacial score (nSPS) is 12.7. The molecule has 1 unspecified atom stereocenters. The zero-order chi connectivity index (χ0) is 12.4. The van der Waals surface area contributed by atoms with E-state index in [9.17, 15) is 0 Å². The van der Waals surface area contributed by atoms with E-state index in [-0.39, 0.29) is 6.04 Å². The number of benzene rings is 1. The maximum atomic E-state index is 6.30. The predicted molar refractivity (Wildman–Crippen MR) is 75.6 cm³/mol. The van der Waals surface area contributed by atoms with E-state index in [2.05, 4.69) is 51.1 Å². The van der Waals surface area contributed by atoms with Crippen molar-refractivity contribution in [3.8, 4) is 0 Å². The zero-order valence-corrected chi connectivity index (χ0v) is 11.5. The fourth-order valence-corrected chi connectivity index (χ4v) is 3.25. The van der Waals surface area contributed by atoms with Gasteiger partial charge in [-0.1, -0.05) is 29.8 Å². The Balaban J connectivity index is 2.16. The molecule has 1 aromatic carbocycles. The summed E-state index contributed by atoms with van der Waals surface area (Å²) < 4.78 is 0. The molecule has 1 aromatic heterocycles. The molecular formula is C15H19NS. The molecule has 2 N–H and O–H groups in total. The van der Waals surface area contributed by atoms with Crippen molar-refractivity contribution >= 4 is 11.3 Å². The molecule has 1 atom stereocenters. The third kappa shape index (κ3) is 2.96. The molecule has 0 aliphatic rings. The summed E-state index contributed by atoms with van der Waals surface area (Å²) in [5, 5.41) is 0. The van der Waals surface area contributed by atoms with Gasteiger partial charge in [0, 0.05) is 15.8 Å². The number of hydrogen-bond acceptors (Lipinski definition) is 2. The van der Waals surface area contributed by atoms with Gasteiger partial charge in [0.05, 0.1) is 0 Å². The van der Waals surface area contributed by atoms with Gasteiger partial charge in [0.15, 0.2) is 0 Å². The highest BCUT2D eigenvalue weighted by Gasteiger charge is 2.12. The molecule has 0 amide bonds. The van der Waals surface area contributed by atoms with Crippen LogP contribution >= 0.6 is 11.3 Å². The first-order valence-corrected chi connectivity index (χ1v) is 6.76. The first-order valence-electron chi connectivity index (χ1n) is 5.94. The van der Waals surface area contributed by atoms with Crippen molar-refractivity contribution in [1.82, 2.24) is 0 Å². The summed E-state index contributed by atoms with van der Waals surface area (Å²) in [5.41, 5.74) is 10.3. The monoisotopic (exact) mass is 245 g/mol. The smallest absolute Gasteiger partial charge is 0.0433 e. The molecule has 2 heteroatoms. The molecule has 0 saturated carbocycles. The van der Waals surface area contributed by atoms with Crippen LogP contribution in [0, 0.1) is 20.8 Å². The molecule has 0 aliphatic heterocycles. The van der Waals surface area contributed by atoms with Crippen LogP contribution in [0.3, 0.4) is 0 Å². The molecule has 2 aromatic rings. The van der Waals surface area contributed by atoms with Crippen LogP contribution in [0.1, 0.15) is 32.5 Å². The molecule has 0 fully saturated rings. The lowest BCUT2D eigenvalue weighted by molar-refractivity contribution is 0.731. The van der Waals surface area contributed by atoms with Gasteiger partial charge >= 0.3 is 0 Å². The van der Waals surface area contributed by atoms with Gasteiger partial charge in [-0.15, -0.1) is 11.3 Å². The third-order valence-corrected chi connectivity index (χ3v) is 4.24. The van der Waals surface area contributed by atoms with E-state index in [1.54, 1.807) is 0 Å². The summed E-state index contributed by atoms with van der Waals surface area (Å²) in [6, 6.07) is 10.9. The Kier molecular flexibility index (Phi) is 3.65. The van der Waals surface area contributed by atoms with E-state index >= 15 is 0 Å². The van der Waals surface area contributed by atoms with Crippen molar-refractivity contribution in [1.29, 1.82) is 0 Å². The summed E-state index contributed by atoms with van der Waals surface area (Å²) in [7, 11) is 0. The van der Waals surface area contributed by atoms with E-state index in [1.165, 1.54) is 26.4 Å². The van der Waals surface area contributed by atoms with Crippen LogP contribution in [-0.4, -0.2) is 0 Å². The lowest BCUT2D eigenvalue weighted by Crippen LogP contribution is -2.12. The molecule has 0 saturated heterocycles. The minimum Gasteiger partial charge on any atom is -0.323 e. The Morgan fingerprint density at radius 1 is 1.18 bits per heavy atom. The maximum Gasteiger partial charge on any atom is 0.0433 e. The van der Waals surface area contributed by atoms with Crippen molar-refractivity contribution in [2.45, 2.75) is 33.2 Å². The first-order chi connectivity index (χ1) is 8.06. The second kappa shape index (κ2) is 5.03. The zero-order valence-electron chi connectivity index (χ0n) is 10.7. The molecule has 0 radical (unpaired) electrons. The molecule has 2 rings (SSSR count). The summed E-state index contributed by atoms with van der Waals surface area (Å²) in [5.74, 6) is 0. The van der Waals surface area contributed by atoms with Crippen molar-refractivity contribution in [3.63, 3.8) is 0 Å². The minimum atomic E-state index is 0.121. The van der Waals surface area contributed by atoms with Crippen LogP contribution in [0.4, 0.5) is 0 Å². The summed E-state index contributed by atoms with van der Waals surface area (Å²) in [6.07, 6.45) is 0.919. The Hall–Kier alpha value is -1.12. The van der Waals surface area contributed by atoms with Crippen molar-refractivity contribution in [3.05, 3.63) is 56.8 Å². The Morgan fingerprint density at radius 2 is 1.94 bits per heavy atom. The van der Waals surface area contributed by atoms with Gasteiger partial charge < -0.3 is 5.73 Å². The molecule has 1 heterocycles. The van der Waals surface area contributed by atoms with E-state index in [1.807, 2.05) is 11.3 Å². The molecule has 0 aliphatic carbocycles. The summed E-state index contributed by atoms with van der Waals surface area (Å²) in [4.78, 5) is 2.67. The maximum absolute atomic E-state index is 6.30. The predicted octanol–water partition coefficient (Wildman–Crippen LogP) is 3.92. The molecule has 90 valence electrons. The van der Waals surface area contributed by atoms with Gasteiger partial charge in [0.2, 0.25) is 0 Å². The van der Waals surface area contributed by atoms with Crippen molar-refractivity contribution in [2.75, 3.05) is 0 Å². The van der Waals surface area contributed by atoms with Crippen molar-refractivity contribution in [2.24, 2.45) is 5.73 Å². The second-order valence-electron chi connectivity index (χ2n) is 4.70. The summed E-state index contributed by atoms with van der Waals surface area (Å²) >= 11 is 1.82. The van der Waals surface area contributed by atoms with Crippen LogP contribution in [0.25, 0.3) is 0 Å². The highest BCUT2D eigenvalue weighted by molar-refractivity contribution is 7.12. The molecular weight excluding hydrogens is 226 g/mol. The topological polar surface area (TPSA) is 26.0 Å². The first kappa shape index (κ1) is 12.3. The third-order valence-electron chi connectivity index (χ3n) is 2.95. The standard InChI is InChI=1S/C15H19NS/c1-10-5-4-6-13(7-10)9-14(16)15-11(2)8-12(3)17-15/h4-8,14H,9,16H2,1-3H3. The largest absolute Gasteiger partial charge is 0.323 e. The number of thiophene rings is 1. The fraction of sp³-hybridized carbons (Fsp3) is 0.333. The van der Waals surface area contributed by atoms with Crippen LogP contribution in [0.15, 0.2) is 30.3 Å². The fourth-order valence-electron chi connectivity index (χ4n) is 2.21. The van der Waals surface area contributed by atoms with Gasteiger partial charge in [-0.25, -0.2) is 0 Å². The van der Waals surface area contributed by atoms with Gasteiger partial charge in [0.25, 0.3) is 0 Å². The van der Waals surface area contributed by atoms with Gasteiger partial charge in [0.1, 0.15) is 0 Å². The molecule has 0 spiro atoms. The Labute approximate surface area is 107 Å². The lowest BCUT2D eigenvalue weighted by atomic mass is 10.0. The Morgan fingerprint density at radius 3 is 2.53 bits per heavy atom. The summed E-state index contributed by atoms with van der Waals surface area (Å²) in [6.45, 7) is 6.41. The molecule has 0 bridgehead atoms. The van der Waals surface area contributed by atoms with Crippen LogP contribution in [0.5, 0.6) is 0 Å². The van der Waals surface area contributed by atoms with Crippen LogP contribution < -0.4 is 5.73 Å². The quantitative estimate of drug-likeness (QED) is 0.871. The lowest BCUT2D eigenvalue weighted by Gasteiger charge is -2.11. The van der Waals surface area contributed by atoms with Gasteiger partial charge in [-0.05, 0) is 44.4 Å². The SMILES string of the molecule is Cc1cccc(CC(N)c2sc(C)cc2C)c1. The number of rotatable bonds is 3. The number of aryl methyl sites for hydroxylation is 3. The average Bonchev–Trinajstić information content (AvgIpc) is 2.58. The van der Waals surface area contributed by atoms with Crippen molar-refractivity contribution < 1.29 is 0 Å². The number of nitrogens with two attached hydrogens (primary N) is 1. The van der Waals surface area contributed by atoms with E-state index in [0.717, 1.165) is 6.42 Å². The van der Waals surface area contributed by atoms with Crippen LogP contribution in [0.2, 0.25) is 0 Å².